The van der Waals surface area contributed by atoms with E-state index in [4.69, 9.17) is 28.2 Å². The van der Waals surface area contributed by atoms with Gasteiger partial charge in [-0.25, -0.2) is 4.98 Å². The second-order valence-electron chi connectivity index (χ2n) is 7.34. The SMILES string of the molecule is CC1CCN(Cc2nc3cc(Cl)ccc3n2Cc2cccc(Cl)c2)CC1. The molecule has 1 aliphatic rings. The number of benzene rings is 2. The van der Waals surface area contributed by atoms with E-state index in [2.05, 4.69) is 28.5 Å². The lowest BCUT2D eigenvalue weighted by Crippen LogP contribution is -2.33. The summed E-state index contributed by atoms with van der Waals surface area (Å²) in [6, 6.07) is 14.0. The van der Waals surface area contributed by atoms with Crippen molar-refractivity contribution in [3.63, 3.8) is 0 Å². The Kier molecular flexibility index (Phi) is 5.21. The van der Waals surface area contributed by atoms with Gasteiger partial charge in [0.05, 0.1) is 17.6 Å². The first-order chi connectivity index (χ1) is 12.6. The fraction of sp³-hybridized carbons (Fsp3) is 0.381. The van der Waals surface area contributed by atoms with Crippen LogP contribution in [0.5, 0.6) is 0 Å². The lowest BCUT2D eigenvalue weighted by Gasteiger charge is -2.30. The van der Waals surface area contributed by atoms with Crippen molar-refractivity contribution in [1.29, 1.82) is 0 Å². The number of aromatic nitrogens is 2. The van der Waals surface area contributed by atoms with Gasteiger partial charge in [-0.1, -0.05) is 42.3 Å². The van der Waals surface area contributed by atoms with Crippen LogP contribution in [-0.2, 0) is 13.1 Å². The molecule has 136 valence electrons. The lowest BCUT2D eigenvalue weighted by molar-refractivity contribution is 0.180. The molecule has 3 nitrogen and oxygen atoms in total. The van der Waals surface area contributed by atoms with Gasteiger partial charge in [-0.15, -0.1) is 0 Å². The molecular formula is C21H23Cl2N3. The summed E-state index contributed by atoms with van der Waals surface area (Å²) in [5.74, 6) is 1.92. The molecule has 3 aromatic rings. The number of likely N-dealkylation sites (tertiary alicyclic amines) is 1. The van der Waals surface area contributed by atoms with Crippen LogP contribution in [0.3, 0.4) is 0 Å². The molecule has 1 fully saturated rings. The zero-order valence-corrected chi connectivity index (χ0v) is 16.5. The van der Waals surface area contributed by atoms with E-state index in [1.165, 1.54) is 18.4 Å². The van der Waals surface area contributed by atoms with Gasteiger partial charge in [-0.2, -0.15) is 0 Å². The van der Waals surface area contributed by atoms with Crippen molar-refractivity contribution in [2.75, 3.05) is 13.1 Å². The average Bonchev–Trinajstić information content (AvgIpc) is 2.93. The Balaban J connectivity index is 1.68. The number of imidazole rings is 1. The maximum Gasteiger partial charge on any atom is 0.124 e. The molecule has 5 heteroatoms. The van der Waals surface area contributed by atoms with Crippen LogP contribution in [0.1, 0.15) is 31.2 Å². The molecule has 0 atom stereocenters. The maximum absolute atomic E-state index is 6.19. The largest absolute Gasteiger partial charge is 0.322 e. The Morgan fingerprint density at radius 3 is 2.54 bits per heavy atom. The minimum absolute atomic E-state index is 0.725. The van der Waals surface area contributed by atoms with Crippen LogP contribution in [0.2, 0.25) is 10.0 Å². The molecule has 2 heterocycles. The van der Waals surface area contributed by atoms with Crippen LogP contribution in [0.15, 0.2) is 42.5 Å². The molecule has 4 rings (SSSR count). The Labute approximate surface area is 164 Å². The number of nitrogens with zero attached hydrogens (tertiary/aromatic N) is 3. The number of rotatable bonds is 4. The van der Waals surface area contributed by atoms with Crippen molar-refractivity contribution >= 4 is 34.2 Å². The lowest BCUT2D eigenvalue weighted by atomic mass is 9.99. The summed E-state index contributed by atoms with van der Waals surface area (Å²) in [6.07, 6.45) is 2.53. The van der Waals surface area contributed by atoms with Gasteiger partial charge < -0.3 is 4.57 Å². The summed E-state index contributed by atoms with van der Waals surface area (Å²) in [6.45, 7) is 6.26. The summed E-state index contributed by atoms with van der Waals surface area (Å²) >= 11 is 12.4. The van der Waals surface area contributed by atoms with Crippen LogP contribution in [0.25, 0.3) is 11.0 Å². The molecule has 0 N–H and O–H groups in total. The fourth-order valence-corrected chi connectivity index (χ4v) is 4.07. The first-order valence-electron chi connectivity index (χ1n) is 9.20. The minimum atomic E-state index is 0.725. The molecule has 26 heavy (non-hydrogen) atoms. The van der Waals surface area contributed by atoms with E-state index >= 15 is 0 Å². The zero-order valence-electron chi connectivity index (χ0n) is 15.0. The van der Waals surface area contributed by atoms with Crippen molar-refractivity contribution in [3.8, 4) is 0 Å². The second kappa shape index (κ2) is 7.59. The molecule has 1 aliphatic heterocycles. The first kappa shape index (κ1) is 17.8. The molecule has 0 amide bonds. The molecule has 1 aromatic heterocycles. The number of halogens is 2. The second-order valence-corrected chi connectivity index (χ2v) is 8.21. The third kappa shape index (κ3) is 3.90. The Bertz CT molecular complexity index is 911. The van der Waals surface area contributed by atoms with Gasteiger partial charge in [0.2, 0.25) is 0 Å². The van der Waals surface area contributed by atoms with Gasteiger partial charge in [0, 0.05) is 16.6 Å². The normalized spacial score (nSPS) is 16.4. The third-order valence-electron chi connectivity index (χ3n) is 5.26. The molecule has 0 bridgehead atoms. The van der Waals surface area contributed by atoms with Crippen LogP contribution < -0.4 is 0 Å². The Morgan fingerprint density at radius 2 is 1.77 bits per heavy atom. The molecule has 0 unspecified atom stereocenters. The summed E-state index contributed by atoms with van der Waals surface area (Å²) in [7, 11) is 0. The van der Waals surface area contributed by atoms with Crippen LogP contribution in [0, 0.1) is 5.92 Å². The molecular weight excluding hydrogens is 365 g/mol. The number of fused-ring (bicyclic) bond motifs is 1. The topological polar surface area (TPSA) is 21.1 Å². The van der Waals surface area contributed by atoms with Crippen molar-refractivity contribution in [1.82, 2.24) is 14.5 Å². The monoisotopic (exact) mass is 387 g/mol. The fourth-order valence-electron chi connectivity index (χ4n) is 3.69. The summed E-state index contributed by atoms with van der Waals surface area (Å²) in [5, 5.41) is 1.49. The van der Waals surface area contributed by atoms with Gasteiger partial charge in [-0.3, -0.25) is 4.90 Å². The van der Waals surface area contributed by atoms with Gasteiger partial charge >= 0.3 is 0 Å². The Morgan fingerprint density at radius 1 is 1.00 bits per heavy atom. The van der Waals surface area contributed by atoms with Crippen molar-refractivity contribution < 1.29 is 0 Å². The Hall–Kier alpha value is -1.55. The maximum atomic E-state index is 6.19. The van der Waals surface area contributed by atoms with Gasteiger partial charge in [-0.05, 0) is 67.7 Å². The predicted molar refractivity (Wildman–Crippen MR) is 109 cm³/mol. The molecule has 1 saturated heterocycles. The summed E-state index contributed by atoms with van der Waals surface area (Å²) in [5.41, 5.74) is 3.26. The minimum Gasteiger partial charge on any atom is -0.322 e. The number of piperidine rings is 1. The highest BCUT2D eigenvalue weighted by Crippen LogP contribution is 2.25. The number of hydrogen-bond acceptors (Lipinski definition) is 2. The highest BCUT2D eigenvalue weighted by molar-refractivity contribution is 6.31. The van der Waals surface area contributed by atoms with Gasteiger partial charge in [0.25, 0.3) is 0 Å². The van der Waals surface area contributed by atoms with Crippen LogP contribution in [0.4, 0.5) is 0 Å². The van der Waals surface area contributed by atoms with E-state index in [1.807, 2.05) is 30.3 Å². The van der Waals surface area contributed by atoms with Gasteiger partial charge in [0.1, 0.15) is 5.82 Å². The van der Waals surface area contributed by atoms with E-state index in [9.17, 15) is 0 Å². The predicted octanol–water partition coefficient (Wildman–Crippen LogP) is 5.62. The summed E-state index contributed by atoms with van der Waals surface area (Å²) in [4.78, 5) is 7.42. The summed E-state index contributed by atoms with van der Waals surface area (Å²) < 4.78 is 2.30. The third-order valence-corrected chi connectivity index (χ3v) is 5.73. The van der Waals surface area contributed by atoms with E-state index in [1.54, 1.807) is 0 Å². The quantitative estimate of drug-likeness (QED) is 0.578. The smallest absolute Gasteiger partial charge is 0.124 e. The zero-order chi connectivity index (χ0) is 18.1. The molecule has 0 saturated carbocycles. The average molecular weight is 388 g/mol. The standard InChI is InChI=1S/C21H23Cl2N3/c1-15-7-9-25(10-8-15)14-21-24-19-12-18(23)5-6-20(19)26(21)13-16-3-2-4-17(22)11-16/h2-6,11-12,15H,7-10,13-14H2,1H3. The van der Waals surface area contributed by atoms with Gasteiger partial charge in [0.15, 0.2) is 0 Å². The van der Waals surface area contributed by atoms with E-state index in [0.29, 0.717) is 0 Å². The molecule has 0 aliphatic carbocycles. The highest BCUT2D eigenvalue weighted by Gasteiger charge is 2.19. The number of hydrogen-bond donors (Lipinski definition) is 0. The van der Waals surface area contributed by atoms with Crippen molar-refractivity contribution in [3.05, 3.63) is 63.9 Å². The van der Waals surface area contributed by atoms with Crippen LogP contribution in [-0.4, -0.2) is 27.5 Å². The van der Waals surface area contributed by atoms with Crippen molar-refractivity contribution in [2.24, 2.45) is 5.92 Å². The van der Waals surface area contributed by atoms with E-state index in [0.717, 1.165) is 59.0 Å². The molecule has 0 radical (unpaired) electrons. The van der Waals surface area contributed by atoms with E-state index < -0.39 is 0 Å². The highest BCUT2D eigenvalue weighted by atomic mass is 35.5. The van der Waals surface area contributed by atoms with E-state index in [-0.39, 0.29) is 0 Å². The van der Waals surface area contributed by atoms with Crippen LogP contribution >= 0.6 is 23.2 Å². The molecule has 0 spiro atoms. The first-order valence-corrected chi connectivity index (χ1v) is 9.95. The molecule has 2 aromatic carbocycles. The van der Waals surface area contributed by atoms with Crippen molar-refractivity contribution in [2.45, 2.75) is 32.9 Å².